The maximum atomic E-state index is 7.31. The zero-order chi connectivity index (χ0) is 3.89. The summed E-state index contributed by atoms with van der Waals surface area (Å²) in [7, 11) is 0. The third-order valence-electron chi connectivity index (χ3n) is 1.95. The summed E-state index contributed by atoms with van der Waals surface area (Å²) < 4.78 is 10.1. The van der Waals surface area contributed by atoms with Crippen LogP contribution in [0.2, 0.25) is 0 Å². The fourth-order valence-electron chi connectivity index (χ4n) is 1.29. The molecule has 4 rings (SSSR count). The van der Waals surface area contributed by atoms with Crippen LogP contribution in [0.3, 0.4) is 0 Å². The SMILES string of the molecule is N=I1=C2C3C2C31. The Kier molecular flexibility index (Phi) is 0.194. The van der Waals surface area contributed by atoms with Gasteiger partial charge in [-0.25, -0.2) is 0 Å². The first-order valence-electron chi connectivity index (χ1n) is 2.17. The second-order valence-corrected chi connectivity index (χ2v) is 6.66. The van der Waals surface area contributed by atoms with Crippen molar-refractivity contribution in [3.63, 3.8) is 0 Å². The molecule has 0 spiro atoms. The molecule has 0 radical (unpaired) electrons. The van der Waals surface area contributed by atoms with Gasteiger partial charge in [-0.2, -0.15) is 0 Å². The third-order valence-corrected chi connectivity index (χ3v) is 7.72. The summed E-state index contributed by atoms with van der Waals surface area (Å²) in [5, 5.41) is 0. The topological polar surface area (TPSA) is 23.9 Å². The van der Waals surface area contributed by atoms with E-state index in [-0.39, 0.29) is 0 Å². The Morgan fingerprint density at radius 1 is 1.50 bits per heavy atom. The van der Waals surface area contributed by atoms with Gasteiger partial charge in [0.2, 0.25) is 0 Å². The van der Waals surface area contributed by atoms with Crippen molar-refractivity contribution < 1.29 is 0 Å². The molecule has 0 amide bonds. The molecule has 2 aliphatic heterocycles. The zero-order valence-electron chi connectivity index (χ0n) is 3.11. The van der Waals surface area contributed by atoms with E-state index in [0.29, 0.717) is 0 Å². The molecule has 1 nitrogen and oxygen atoms in total. The largest absolute Gasteiger partial charge is 0.284 e. The zero-order valence-corrected chi connectivity index (χ0v) is 5.27. The van der Waals surface area contributed by atoms with Gasteiger partial charge in [0.15, 0.2) is 0 Å². The molecule has 2 aliphatic carbocycles. The highest BCUT2D eigenvalue weighted by Gasteiger charge is 2.79. The Morgan fingerprint density at radius 3 is 2.00 bits per heavy atom. The predicted octanol–water partition coefficient (Wildman–Crippen LogP) is 1.07. The van der Waals surface area contributed by atoms with Crippen LogP contribution in [0.1, 0.15) is 0 Å². The molecule has 2 saturated carbocycles. The Hall–Kier alpha value is 0.400. The molecule has 0 aromatic carbocycles. The van der Waals surface area contributed by atoms with Crippen molar-refractivity contribution in [1.29, 1.82) is 3.56 Å². The molecule has 2 unspecified atom stereocenters. The Morgan fingerprint density at radius 2 is 2.00 bits per heavy atom. The predicted molar refractivity (Wildman–Crippen MR) is 32.5 cm³/mol. The fourth-order valence-corrected chi connectivity index (χ4v) is 6.83. The highest BCUT2D eigenvalue weighted by molar-refractivity contribution is 14.2. The van der Waals surface area contributed by atoms with Crippen LogP contribution in [0.25, 0.3) is 0 Å². The molecule has 2 heterocycles. The van der Waals surface area contributed by atoms with Crippen LogP contribution in [0.15, 0.2) is 0 Å². The van der Waals surface area contributed by atoms with E-state index in [1.807, 2.05) is 0 Å². The van der Waals surface area contributed by atoms with Gasteiger partial charge in [-0.15, -0.1) is 0 Å². The molecule has 2 bridgehead atoms. The van der Waals surface area contributed by atoms with Crippen LogP contribution >= 0.6 is 19.2 Å². The maximum absolute atomic E-state index is 7.31. The fraction of sp³-hybridized carbons (Fsp3) is 0.750. The molecule has 32 valence electrons. The van der Waals surface area contributed by atoms with Crippen LogP contribution in [-0.2, 0) is 0 Å². The van der Waals surface area contributed by atoms with Crippen molar-refractivity contribution in [3.05, 3.63) is 0 Å². The highest BCUT2D eigenvalue weighted by Crippen LogP contribution is 2.81. The summed E-state index contributed by atoms with van der Waals surface area (Å²) in [5.41, 5.74) is 0. The molecular formula is C4H4IN. The van der Waals surface area contributed by atoms with Crippen LogP contribution in [0.4, 0.5) is 0 Å². The lowest BCUT2D eigenvalue weighted by molar-refractivity contribution is 1.32. The lowest BCUT2D eigenvalue weighted by Crippen LogP contribution is -2.08. The van der Waals surface area contributed by atoms with E-state index >= 15 is 0 Å². The Bertz CT molecular complexity index is 200. The number of hydrogen-bond donors (Lipinski definition) is 1. The number of nitrogens with one attached hydrogen (secondary N) is 1. The normalized spacial score (nSPS) is 69.3. The number of halogens is 1. The van der Waals surface area contributed by atoms with Crippen molar-refractivity contribution in [3.8, 4) is 0 Å². The molecule has 4 aliphatic rings. The van der Waals surface area contributed by atoms with E-state index in [9.17, 15) is 0 Å². The molecule has 2 fully saturated rings. The highest BCUT2D eigenvalue weighted by atomic mass is 127. The van der Waals surface area contributed by atoms with Crippen molar-refractivity contribution in [2.45, 2.75) is 3.92 Å². The van der Waals surface area contributed by atoms with Gasteiger partial charge in [0, 0.05) is 15.8 Å². The Labute approximate surface area is 42.3 Å². The van der Waals surface area contributed by atoms with Crippen molar-refractivity contribution in [2.75, 3.05) is 0 Å². The standard InChI is InChI=1S/C4H4IN/c6-5-3-1-2(3)4(1)5/h1-3,6H. The van der Waals surface area contributed by atoms with Gasteiger partial charge >= 0.3 is 0 Å². The molecule has 1 N–H and O–H groups in total. The van der Waals surface area contributed by atoms with E-state index < -0.39 is 19.2 Å². The number of rotatable bonds is 0. The van der Waals surface area contributed by atoms with Crippen LogP contribution < -0.4 is 0 Å². The minimum atomic E-state index is -0.903. The number of alkyl halides is 1. The van der Waals surface area contributed by atoms with E-state index in [1.165, 1.54) is 0 Å². The monoisotopic (exact) mass is 193 g/mol. The quantitative estimate of drug-likeness (QED) is 0.439. The second kappa shape index (κ2) is 0.441. The summed E-state index contributed by atoms with van der Waals surface area (Å²) in [6.45, 7) is 0. The summed E-state index contributed by atoms with van der Waals surface area (Å²) in [6.07, 6.45) is 0. The van der Waals surface area contributed by atoms with Crippen LogP contribution in [-0.4, -0.2) is 7.43 Å². The first-order chi connectivity index (χ1) is 2.91. The van der Waals surface area contributed by atoms with E-state index in [4.69, 9.17) is 3.56 Å². The van der Waals surface area contributed by atoms with E-state index in [0.717, 1.165) is 15.8 Å². The average Bonchev–Trinajstić information content (AvgIpc) is 2.10. The summed E-state index contributed by atoms with van der Waals surface area (Å²) in [6, 6.07) is 0. The third kappa shape index (κ3) is 0.0854. The summed E-state index contributed by atoms with van der Waals surface area (Å²) in [4.78, 5) is 0. The molecule has 2 atom stereocenters. The average molecular weight is 193 g/mol. The number of hydrogen-bond acceptors (Lipinski definition) is 1. The maximum Gasteiger partial charge on any atom is 0.0323 e. The second-order valence-electron chi connectivity index (χ2n) is 2.19. The van der Waals surface area contributed by atoms with Gasteiger partial charge in [0.1, 0.15) is 0 Å². The van der Waals surface area contributed by atoms with Crippen molar-refractivity contribution >= 4 is 22.7 Å². The molecule has 2 heteroatoms. The minimum Gasteiger partial charge on any atom is -0.284 e. The van der Waals surface area contributed by atoms with Gasteiger partial charge in [0.25, 0.3) is 0 Å². The van der Waals surface area contributed by atoms with Gasteiger partial charge in [-0.3, -0.25) is 3.56 Å². The van der Waals surface area contributed by atoms with Gasteiger partial charge < -0.3 is 0 Å². The van der Waals surface area contributed by atoms with Gasteiger partial charge in [-0.05, 0) is 3.51 Å². The van der Waals surface area contributed by atoms with Crippen molar-refractivity contribution in [1.82, 2.24) is 0 Å². The van der Waals surface area contributed by atoms with E-state index in [1.54, 1.807) is 3.51 Å². The molecular weight excluding hydrogens is 189 g/mol. The van der Waals surface area contributed by atoms with Gasteiger partial charge in [-0.1, -0.05) is 19.2 Å². The first-order valence-corrected chi connectivity index (χ1v) is 5.58. The molecule has 6 heavy (non-hydrogen) atoms. The summed E-state index contributed by atoms with van der Waals surface area (Å²) >= 11 is -0.903. The Balaban J connectivity index is 2.75. The van der Waals surface area contributed by atoms with Crippen LogP contribution in [0, 0.1) is 15.4 Å². The molecule has 0 aromatic rings. The summed E-state index contributed by atoms with van der Waals surface area (Å²) in [5.74, 6) is 2.18. The molecule has 0 saturated heterocycles. The minimum absolute atomic E-state index is 0.903. The first kappa shape index (κ1) is 2.64. The lowest BCUT2D eigenvalue weighted by Gasteiger charge is -2.10. The van der Waals surface area contributed by atoms with Crippen LogP contribution in [0.5, 0.6) is 0 Å². The van der Waals surface area contributed by atoms with E-state index in [2.05, 4.69) is 0 Å². The molecule has 0 aromatic heterocycles. The van der Waals surface area contributed by atoms with Gasteiger partial charge in [0.05, 0.1) is 0 Å². The van der Waals surface area contributed by atoms with Crippen molar-refractivity contribution in [2.24, 2.45) is 11.8 Å². The smallest absolute Gasteiger partial charge is 0.0323 e. The lowest BCUT2D eigenvalue weighted by atomic mass is 10.4.